The van der Waals surface area contributed by atoms with Crippen molar-refractivity contribution < 1.29 is 4.39 Å². The van der Waals surface area contributed by atoms with Crippen LogP contribution in [0, 0.1) is 17.1 Å². The molecule has 0 bridgehead atoms. The molecule has 3 nitrogen and oxygen atoms in total. The van der Waals surface area contributed by atoms with Gasteiger partial charge >= 0.3 is 0 Å². The Morgan fingerprint density at radius 1 is 1.54 bits per heavy atom. The molecule has 0 saturated carbocycles. The zero-order chi connectivity index (χ0) is 9.84. The molecule has 0 aromatic heterocycles. The van der Waals surface area contributed by atoms with Gasteiger partial charge in [-0.1, -0.05) is 6.07 Å². The third-order valence-corrected chi connectivity index (χ3v) is 1.79. The Morgan fingerprint density at radius 3 is 2.77 bits per heavy atom. The molecule has 0 spiro atoms. The molecule has 0 saturated heterocycles. The van der Waals surface area contributed by atoms with Crippen molar-refractivity contribution in [2.24, 2.45) is 11.5 Å². The maximum Gasteiger partial charge on any atom is 0.124 e. The summed E-state index contributed by atoms with van der Waals surface area (Å²) in [4.78, 5) is 0. The fourth-order valence-corrected chi connectivity index (χ4v) is 1.08. The van der Waals surface area contributed by atoms with Gasteiger partial charge in [0.15, 0.2) is 0 Å². The van der Waals surface area contributed by atoms with Crippen molar-refractivity contribution in [1.82, 2.24) is 0 Å². The topological polar surface area (TPSA) is 75.8 Å². The Balaban J connectivity index is 3.15. The van der Waals surface area contributed by atoms with Gasteiger partial charge in [0.25, 0.3) is 0 Å². The lowest BCUT2D eigenvalue weighted by Crippen LogP contribution is -2.21. The number of halogens is 1. The predicted octanol–water partition coefficient (Wildman–Crippen LogP) is 0.656. The lowest BCUT2D eigenvalue weighted by molar-refractivity contribution is 0.624. The van der Waals surface area contributed by atoms with E-state index in [1.54, 1.807) is 0 Å². The minimum atomic E-state index is -0.440. The highest BCUT2D eigenvalue weighted by Gasteiger charge is 2.09. The summed E-state index contributed by atoms with van der Waals surface area (Å²) in [6.45, 7) is 0.236. The Hall–Kier alpha value is -1.44. The normalized spacial score (nSPS) is 12.2. The number of benzene rings is 1. The molecule has 1 aromatic rings. The van der Waals surface area contributed by atoms with Crippen molar-refractivity contribution in [2.45, 2.75) is 6.04 Å². The molecule has 0 amide bonds. The molecular formula is C9H10FN3. The summed E-state index contributed by atoms with van der Waals surface area (Å²) >= 11 is 0. The number of hydrogen-bond acceptors (Lipinski definition) is 3. The van der Waals surface area contributed by atoms with Crippen LogP contribution in [0.4, 0.5) is 4.39 Å². The van der Waals surface area contributed by atoms with E-state index in [-0.39, 0.29) is 12.1 Å². The van der Waals surface area contributed by atoms with Crippen molar-refractivity contribution in [3.05, 3.63) is 35.1 Å². The van der Waals surface area contributed by atoms with Crippen LogP contribution in [0.3, 0.4) is 0 Å². The van der Waals surface area contributed by atoms with Gasteiger partial charge in [0.1, 0.15) is 5.82 Å². The molecule has 0 aliphatic carbocycles. The minimum Gasteiger partial charge on any atom is -0.329 e. The van der Waals surface area contributed by atoms with Crippen LogP contribution >= 0.6 is 0 Å². The maximum atomic E-state index is 12.7. The van der Waals surface area contributed by atoms with Gasteiger partial charge in [0.2, 0.25) is 0 Å². The van der Waals surface area contributed by atoms with Crippen LogP contribution in [0.15, 0.2) is 18.2 Å². The molecule has 0 unspecified atom stereocenters. The summed E-state index contributed by atoms with van der Waals surface area (Å²) in [5.41, 5.74) is 11.8. The Bertz CT molecular complexity index is 343. The van der Waals surface area contributed by atoms with Crippen LogP contribution in [0.5, 0.6) is 0 Å². The van der Waals surface area contributed by atoms with E-state index in [1.165, 1.54) is 12.1 Å². The number of nitriles is 1. The zero-order valence-corrected chi connectivity index (χ0v) is 7.00. The predicted molar refractivity (Wildman–Crippen MR) is 47.1 cm³/mol. The summed E-state index contributed by atoms with van der Waals surface area (Å²) in [5.74, 6) is -0.440. The van der Waals surface area contributed by atoms with Crippen molar-refractivity contribution >= 4 is 0 Å². The first-order chi connectivity index (χ1) is 6.19. The van der Waals surface area contributed by atoms with Gasteiger partial charge in [-0.2, -0.15) is 5.26 Å². The summed E-state index contributed by atoms with van der Waals surface area (Å²) in [5, 5.41) is 8.67. The average molecular weight is 179 g/mol. The fourth-order valence-electron chi connectivity index (χ4n) is 1.08. The van der Waals surface area contributed by atoms with E-state index in [1.807, 2.05) is 6.07 Å². The van der Waals surface area contributed by atoms with Crippen molar-refractivity contribution in [2.75, 3.05) is 6.54 Å². The van der Waals surface area contributed by atoms with Crippen LogP contribution in [-0.4, -0.2) is 6.54 Å². The van der Waals surface area contributed by atoms with E-state index < -0.39 is 11.9 Å². The second-order valence-electron chi connectivity index (χ2n) is 2.69. The van der Waals surface area contributed by atoms with E-state index in [9.17, 15) is 4.39 Å². The molecule has 0 radical (unpaired) electrons. The standard InChI is InChI=1S/C9H10FN3/c10-7-1-2-8(9(13)5-12)6(3-7)4-11/h1-3,9H,5,12-13H2/t9-/m0/s1. The molecule has 4 heteroatoms. The van der Waals surface area contributed by atoms with Gasteiger partial charge in [-0.15, -0.1) is 0 Å². The Kier molecular flexibility index (Phi) is 2.96. The number of hydrogen-bond donors (Lipinski definition) is 2. The summed E-state index contributed by atoms with van der Waals surface area (Å²) in [6, 6.07) is 5.39. The third-order valence-electron chi connectivity index (χ3n) is 1.79. The van der Waals surface area contributed by atoms with Gasteiger partial charge in [-0.05, 0) is 17.7 Å². The first-order valence-electron chi connectivity index (χ1n) is 3.84. The number of rotatable bonds is 2. The van der Waals surface area contributed by atoms with Crippen molar-refractivity contribution in [1.29, 1.82) is 5.26 Å². The minimum absolute atomic E-state index is 0.236. The first-order valence-corrected chi connectivity index (χ1v) is 3.84. The molecule has 68 valence electrons. The van der Waals surface area contributed by atoms with Gasteiger partial charge in [-0.25, -0.2) is 4.39 Å². The van der Waals surface area contributed by atoms with Crippen LogP contribution in [0.2, 0.25) is 0 Å². The highest BCUT2D eigenvalue weighted by atomic mass is 19.1. The number of nitrogens with zero attached hydrogens (tertiary/aromatic N) is 1. The van der Waals surface area contributed by atoms with Gasteiger partial charge in [0, 0.05) is 12.6 Å². The Morgan fingerprint density at radius 2 is 2.23 bits per heavy atom. The van der Waals surface area contributed by atoms with Gasteiger partial charge < -0.3 is 11.5 Å². The maximum absolute atomic E-state index is 12.7. The SMILES string of the molecule is N#Cc1cc(F)ccc1[C@@H](N)CN. The highest BCUT2D eigenvalue weighted by molar-refractivity contribution is 5.39. The average Bonchev–Trinajstić information content (AvgIpc) is 2.16. The van der Waals surface area contributed by atoms with Crippen LogP contribution in [0.1, 0.15) is 17.2 Å². The largest absolute Gasteiger partial charge is 0.329 e. The molecule has 0 aliphatic rings. The Labute approximate surface area is 75.8 Å². The van der Waals surface area contributed by atoms with Crippen LogP contribution in [0.25, 0.3) is 0 Å². The summed E-state index contributed by atoms with van der Waals surface area (Å²) in [6.07, 6.45) is 0. The highest BCUT2D eigenvalue weighted by Crippen LogP contribution is 2.15. The fraction of sp³-hybridized carbons (Fsp3) is 0.222. The lowest BCUT2D eigenvalue weighted by atomic mass is 10.0. The summed E-state index contributed by atoms with van der Waals surface area (Å²) in [7, 11) is 0. The van der Waals surface area contributed by atoms with E-state index in [2.05, 4.69) is 0 Å². The molecule has 1 rings (SSSR count). The molecule has 0 fully saturated rings. The molecule has 0 aliphatic heterocycles. The quantitative estimate of drug-likeness (QED) is 0.700. The van der Waals surface area contributed by atoms with E-state index in [4.69, 9.17) is 16.7 Å². The third kappa shape index (κ3) is 2.02. The molecule has 4 N–H and O–H groups in total. The molecule has 1 atom stereocenters. The van der Waals surface area contributed by atoms with Gasteiger partial charge in [-0.3, -0.25) is 0 Å². The van der Waals surface area contributed by atoms with E-state index in [0.29, 0.717) is 5.56 Å². The van der Waals surface area contributed by atoms with Gasteiger partial charge in [0.05, 0.1) is 11.6 Å². The zero-order valence-electron chi connectivity index (χ0n) is 7.00. The lowest BCUT2D eigenvalue weighted by Gasteiger charge is -2.10. The smallest absolute Gasteiger partial charge is 0.124 e. The van der Waals surface area contributed by atoms with Crippen molar-refractivity contribution in [3.63, 3.8) is 0 Å². The second kappa shape index (κ2) is 3.99. The molecule has 13 heavy (non-hydrogen) atoms. The molecule has 0 heterocycles. The molecule has 1 aromatic carbocycles. The summed E-state index contributed by atoms with van der Waals surface area (Å²) < 4.78 is 12.7. The second-order valence-corrected chi connectivity index (χ2v) is 2.69. The first kappa shape index (κ1) is 9.65. The van der Waals surface area contributed by atoms with E-state index >= 15 is 0 Å². The molecular weight excluding hydrogens is 169 g/mol. The van der Waals surface area contributed by atoms with E-state index in [0.717, 1.165) is 6.07 Å². The van der Waals surface area contributed by atoms with Crippen LogP contribution < -0.4 is 11.5 Å². The van der Waals surface area contributed by atoms with Crippen LogP contribution in [-0.2, 0) is 0 Å². The van der Waals surface area contributed by atoms with Crippen molar-refractivity contribution in [3.8, 4) is 6.07 Å². The monoisotopic (exact) mass is 179 g/mol. The number of nitrogens with two attached hydrogens (primary N) is 2.